The second-order valence-corrected chi connectivity index (χ2v) is 8.01. The second-order valence-electron chi connectivity index (χ2n) is 8.01. The molecule has 0 saturated carbocycles. The minimum Gasteiger partial charge on any atom is -0.489 e. The Morgan fingerprint density at radius 1 is 0.906 bits per heavy atom. The van der Waals surface area contributed by atoms with Gasteiger partial charge in [0.15, 0.2) is 0 Å². The second kappa shape index (κ2) is 8.27. The van der Waals surface area contributed by atoms with Crippen molar-refractivity contribution < 1.29 is 13.9 Å². The third-order valence-electron chi connectivity index (χ3n) is 5.88. The first-order valence-corrected chi connectivity index (χ1v) is 10.6. The van der Waals surface area contributed by atoms with Crippen LogP contribution >= 0.6 is 0 Å². The number of carbonyl (C=O) groups excluding carboxylic acids is 1. The molecule has 0 bridgehead atoms. The molecule has 1 atom stereocenters. The molecule has 1 N–H and O–H groups in total. The fourth-order valence-corrected chi connectivity index (χ4v) is 4.09. The van der Waals surface area contributed by atoms with E-state index in [-0.39, 0.29) is 5.91 Å². The number of nitrogens with one attached hydrogen (secondary N) is 1. The maximum atomic E-state index is 13.5. The lowest BCUT2D eigenvalue weighted by Crippen LogP contribution is -2.55. The van der Waals surface area contributed by atoms with Gasteiger partial charge in [0.25, 0.3) is 5.91 Å². The van der Waals surface area contributed by atoms with Crippen LogP contribution in [0.5, 0.6) is 5.75 Å². The van der Waals surface area contributed by atoms with Crippen molar-refractivity contribution in [2.75, 3.05) is 5.32 Å². The summed E-state index contributed by atoms with van der Waals surface area (Å²) in [6, 6.07) is 29.3. The van der Waals surface area contributed by atoms with Gasteiger partial charge in [-0.3, -0.25) is 4.79 Å². The SMILES string of the molecule is CC1(c2ccc(OCc3ccccc3)cc2)Nc2ccccc2C(=O)N1Cc1ccco1. The molecule has 0 aliphatic carbocycles. The van der Waals surface area contributed by atoms with E-state index in [1.165, 1.54) is 0 Å². The lowest BCUT2D eigenvalue weighted by atomic mass is 9.93. The first-order chi connectivity index (χ1) is 15.6. The lowest BCUT2D eigenvalue weighted by molar-refractivity contribution is 0.0487. The average Bonchev–Trinajstić information content (AvgIpc) is 3.35. The van der Waals surface area contributed by atoms with Crippen LogP contribution in [-0.4, -0.2) is 10.8 Å². The first-order valence-electron chi connectivity index (χ1n) is 10.6. The third kappa shape index (κ3) is 3.73. The zero-order valence-corrected chi connectivity index (χ0v) is 17.8. The van der Waals surface area contributed by atoms with Crippen LogP contribution in [0.25, 0.3) is 0 Å². The lowest BCUT2D eigenvalue weighted by Gasteiger charge is -2.46. The van der Waals surface area contributed by atoms with Crippen molar-refractivity contribution in [2.24, 2.45) is 0 Å². The van der Waals surface area contributed by atoms with Gasteiger partial charge in [0, 0.05) is 5.69 Å². The minimum absolute atomic E-state index is 0.0392. The molecule has 5 rings (SSSR count). The molecule has 1 unspecified atom stereocenters. The summed E-state index contributed by atoms with van der Waals surface area (Å²) in [6.45, 7) is 2.88. The quantitative estimate of drug-likeness (QED) is 0.425. The number of hydrogen-bond acceptors (Lipinski definition) is 4. The molecule has 32 heavy (non-hydrogen) atoms. The van der Waals surface area contributed by atoms with Crippen molar-refractivity contribution in [2.45, 2.75) is 25.7 Å². The normalized spacial score (nSPS) is 17.5. The third-order valence-corrected chi connectivity index (χ3v) is 5.88. The summed E-state index contributed by atoms with van der Waals surface area (Å²) in [4.78, 5) is 15.3. The van der Waals surface area contributed by atoms with Gasteiger partial charge in [-0.25, -0.2) is 0 Å². The van der Waals surface area contributed by atoms with E-state index in [1.807, 2.05) is 103 Å². The molecule has 5 heteroatoms. The molecule has 0 radical (unpaired) electrons. The van der Waals surface area contributed by atoms with E-state index < -0.39 is 5.66 Å². The number of para-hydroxylation sites is 1. The maximum absolute atomic E-state index is 13.5. The molecule has 0 spiro atoms. The van der Waals surface area contributed by atoms with Crippen molar-refractivity contribution in [3.8, 4) is 5.75 Å². The van der Waals surface area contributed by atoms with E-state index in [1.54, 1.807) is 6.26 Å². The zero-order chi connectivity index (χ0) is 22.0. The van der Waals surface area contributed by atoms with Crippen molar-refractivity contribution in [3.63, 3.8) is 0 Å². The van der Waals surface area contributed by atoms with Gasteiger partial charge in [-0.2, -0.15) is 0 Å². The summed E-state index contributed by atoms with van der Waals surface area (Å²) in [5.41, 5.74) is 2.79. The van der Waals surface area contributed by atoms with E-state index in [0.717, 1.165) is 28.3 Å². The van der Waals surface area contributed by atoms with Crippen LogP contribution in [0.1, 0.15) is 34.2 Å². The van der Waals surface area contributed by atoms with Gasteiger partial charge in [-0.05, 0) is 54.4 Å². The number of fused-ring (bicyclic) bond motifs is 1. The summed E-state index contributed by atoms with van der Waals surface area (Å²) in [6.07, 6.45) is 1.63. The van der Waals surface area contributed by atoms with Gasteiger partial charge in [0.05, 0.1) is 18.4 Å². The number of anilines is 1. The van der Waals surface area contributed by atoms with Crippen molar-refractivity contribution >= 4 is 11.6 Å². The van der Waals surface area contributed by atoms with Crippen LogP contribution < -0.4 is 10.1 Å². The number of nitrogens with zero attached hydrogens (tertiary/aromatic N) is 1. The molecular formula is C27H24N2O3. The topological polar surface area (TPSA) is 54.7 Å². The summed E-state index contributed by atoms with van der Waals surface area (Å²) >= 11 is 0. The molecule has 2 heterocycles. The summed E-state index contributed by atoms with van der Waals surface area (Å²) in [5.74, 6) is 1.47. The number of rotatable bonds is 6. The van der Waals surface area contributed by atoms with Crippen LogP contribution in [0.4, 0.5) is 5.69 Å². The fourth-order valence-electron chi connectivity index (χ4n) is 4.09. The molecule has 1 aliphatic rings. The Morgan fingerprint density at radius 2 is 1.66 bits per heavy atom. The van der Waals surface area contributed by atoms with Crippen molar-refractivity contribution in [3.05, 3.63) is 120 Å². The molecule has 0 fully saturated rings. The highest BCUT2D eigenvalue weighted by atomic mass is 16.5. The summed E-state index contributed by atoms with van der Waals surface area (Å²) < 4.78 is 11.5. The van der Waals surface area contributed by atoms with Crippen molar-refractivity contribution in [1.82, 2.24) is 4.90 Å². The largest absolute Gasteiger partial charge is 0.489 e. The highest BCUT2D eigenvalue weighted by Gasteiger charge is 2.42. The molecule has 160 valence electrons. The Labute approximate surface area is 187 Å². The molecule has 4 aromatic rings. The Morgan fingerprint density at radius 3 is 2.41 bits per heavy atom. The van der Waals surface area contributed by atoms with Gasteiger partial charge in [-0.15, -0.1) is 0 Å². The first kappa shape index (κ1) is 19.9. The van der Waals surface area contributed by atoms with E-state index in [4.69, 9.17) is 9.15 Å². The Kier molecular flexibility index (Phi) is 5.15. The van der Waals surface area contributed by atoms with Crippen LogP contribution in [0.15, 0.2) is 102 Å². The fraction of sp³-hybridized carbons (Fsp3) is 0.148. The Bertz CT molecular complexity index is 1200. The van der Waals surface area contributed by atoms with E-state index in [9.17, 15) is 4.79 Å². The van der Waals surface area contributed by atoms with E-state index >= 15 is 0 Å². The van der Waals surface area contributed by atoms with Crippen LogP contribution in [0, 0.1) is 0 Å². The number of carbonyl (C=O) groups is 1. The molecular weight excluding hydrogens is 400 g/mol. The zero-order valence-electron chi connectivity index (χ0n) is 17.8. The maximum Gasteiger partial charge on any atom is 0.258 e. The van der Waals surface area contributed by atoms with E-state index in [0.29, 0.717) is 18.7 Å². The molecule has 1 aliphatic heterocycles. The predicted molar refractivity (Wildman–Crippen MR) is 123 cm³/mol. The predicted octanol–water partition coefficient (Wildman–Crippen LogP) is 5.80. The van der Waals surface area contributed by atoms with Crippen molar-refractivity contribution in [1.29, 1.82) is 0 Å². The Hall–Kier alpha value is -3.99. The molecule has 5 nitrogen and oxygen atoms in total. The number of hydrogen-bond donors (Lipinski definition) is 1. The van der Waals surface area contributed by atoms with Gasteiger partial charge in [0.2, 0.25) is 0 Å². The summed E-state index contributed by atoms with van der Waals surface area (Å²) in [5, 5.41) is 3.58. The smallest absolute Gasteiger partial charge is 0.258 e. The van der Waals surface area contributed by atoms with Crippen LogP contribution in [0.3, 0.4) is 0 Å². The number of furan rings is 1. The standard InChI is InChI=1S/C27H24N2O3/c1-27(21-13-15-22(16-14-21)32-19-20-8-3-2-4-9-20)28-25-12-6-5-11-24(25)26(30)29(27)18-23-10-7-17-31-23/h2-17,28H,18-19H2,1H3. The molecule has 1 amide bonds. The molecule has 0 saturated heterocycles. The number of amides is 1. The van der Waals surface area contributed by atoms with Crippen LogP contribution in [-0.2, 0) is 18.8 Å². The van der Waals surface area contributed by atoms with Gasteiger partial charge < -0.3 is 19.4 Å². The number of benzene rings is 3. The average molecular weight is 425 g/mol. The summed E-state index contributed by atoms with van der Waals surface area (Å²) in [7, 11) is 0. The van der Waals surface area contributed by atoms with Gasteiger partial charge >= 0.3 is 0 Å². The van der Waals surface area contributed by atoms with Crippen LogP contribution in [0.2, 0.25) is 0 Å². The molecule has 1 aromatic heterocycles. The van der Waals surface area contributed by atoms with Gasteiger partial charge in [0.1, 0.15) is 23.8 Å². The van der Waals surface area contributed by atoms with E-state index in [2.05, 4.69) is 5.32 Å². The number of ether oxygens (including phenoxy) is 1. The highest BCUT2D eigenvalue weighted by molar-refractivity contribution is 6.02. The Balaban J connectivity index is 1.44. The minimum atomic E-state index is -0.754. The molecule has 3 aromatic carbocycles. The van der Waals surface area contributed by atoms with Gasteiger partial charge in [-0.1, -0.05) is 54.6 Å². The monoisotopic (exact) mass is 424 g/mol. The highest BCUT2D eigenvalue weighted by Crippen LogP contribution is 2.39.